The summed E-state index contributed by atoms with van der Waals surface area (Å²) in [5, 5.41) is 0. The molecule has 3 amide bonds. The van der Waals surface area contributed by atoms with Crippen LogP contribution in [0.5, 0.6) is 0 Å². The highest BCUT2D eigenvalue weighted by Crippen LogP contribution is 2.54. The zero-order chi connectivity index (χ0) is 18.7. The normalized spacial score (nSPS) is 31.7. The third-order valence-electron chi connectivity index (χ3n) is 6.67. The molecule has 2 bridgehead atoms. The van der Waals surface area contributed by atoms with Crippen LogP contribution >= 0.6 is 0 Å². The second-order valence-corrected chi connectivity index (χ2v) is 8.13. The number of benzene rings is 1. The Morgan fingerprint density at radius 2 is 1.56 bits per heavy atom. The van der Waals surface area contributed by atoms with Crippen LogP contribution in [0.2, 0.25) is 0 Å². The molecular weight excluding hydrogens is 342 g/mol. The minimum Gasteiger partial charge on any atom is -0.370 e. The monoisotopic (exact) mass is 365 g/mol. The number of nitrogens with two attached hydrogens (primary N) is 1. The molecule has 2 aliphatic heterocycles. The van der Waals surface area contributed by atoms with Gasteiger partial charge in [-0.05, 0) is 55.7 Å². The van der Waals surface area contributed by atoms with Gasteiger partial charge in [0, 0.05) is 18.7 Å². The fourth-order valence-corrected chi connectivity index (χ4v) is 5.40. The predicted octanol–water partition coefficient (Wildman–Crippen LogP) is 2.09. The molecule has 4 atom stereocenters. The van der Waals surface area contributed by atoms with E-state index in [0.717, 1.165) is 38.0 Å². The number of hydrogen-bond acceptors (Lipinski definition) is 4. The van der Waals surface area contributed by atoms with Crippen LogP contribution in [0, 0.1) is 23.7 Å². The Kier molecular flexibility index (Phi) is 3.64. The Balaban J connectivity index is 1.59. The summed E-state index contributed by atoms with van der Waals surface area (Å²) in [6, 6.07) is 5.15. The number of rotatable bonds is 3. The molecule has 0 unspecified atom stereocenters. The number of allylic oxidation sites excluding steroid dienone is 2. The van der Waals surface area contributed by atoms with E-state index < -0.39 is 5.91 Å². The number of amides is 3. The number of piperidine rings is 1. The van der Waals surface area contributed by atoms with Crippen LogP contribution in [0.1, 0.15) is 36.0 Å². The van der Waals surface area contributed by atoms with Crippen LogP contribution in [0.3, 0.4) is 0 Å². The minimum atomic E-state index is -0.553. The van der Waals surface area contributed by atoms with E-state index in [-0.39, 0.29) is 35.5 Å². The van der Waals surface area contributed by atoms with E-state index in [2.05, 4.69) is 17.1 Å². The van der Waals surface area contributed by atoms with Gasteiger partial charge in [-0.1, -0.05) is 12.2 Å². The van der Waals surface area contributed by atoms with Gasteiger partial charge in [-0.15, -0.1) is 0 Å². The number of carbonyl (C=O) groups excluding carboxylic acids is 3. The van der Waals surface area contributed by atoms with Crippen molar-refractivity contribution in [2.24, 2.45) is 29.4 Å². The highest BCUT2D eigenvalue weighted by Gasteiger charge is 2.59. The van der Waals surface area contributed by atoms with E-state index in [4.69, 9.17) is 5.73 Å². The Hall–Kier alpha value is -2.63. The second kappa shape index (κ2) is 5.94. The minimum absolute atomic E-state index is 0.123. The fourth-order valence-electron chi connectivity index (χ4n) is 5.40. The number of anilines is 2. The van der Waals surface area contributed by atoms with Crippen molar-refractivity contribution in [2.45, 2.75) is 25.7 Å². The Bertz CT molecular complexity index is 841. The van der Waals surface area contributed by atoms with E-state index in [1.807, 2.05) is 6.07 Å². The Morgan fingerprint density at radius 3 is 2.15 bits per heavy atom. The van der Waals surface area contributed by atoms with E-state index in [1.54, 1.807) is 12.1 Å². The van der Waals surface area contributed by atoms with Crippen molar-refractivity contribution in [1.29, 1.82) is 0 Å². The molecule has 4 aliphatic rings. The number of hydrogen-bond donors (Lipinski definition) is 1. The first-order valence-corrected chi connectivity index (χ1v) is 9.81. The lowest BCUT2D eigenvalue weighted by atomic mass is 9.85. The van der Waals surface area contributed by atoms with Crippen molar-refractivity contribution >= 4 is 29.1 Å². The highest BCUT2D eigenvalue weighted by molar-refractivity contribution is 6.24. The first kappa shape index (κ1) is 16.5. The highest BCUT2D eigenvalue weighted by atomic mass is 16.2. The van der Waals surface area contributed by atoms with Crippen LogP contribution in [0.15, 0.2) is 30.4 Å². The smallest absolute Gasteiger partial charge is 0.248 e. The molecule has 6 heteroatoms. The second-order valence-electron chi connectivity index (χ2n) is 8.13. The number of primary amides is 1. The van der Waals surface area contributed by atoms with Gasteiger partial charge < -0.3 is 10.6 Å². The molecule has 2 heterocycles. The molecule has 1 aromatic rings. The van der Waals surface area contributed by atoms with Gasteiger partial charge in [0.15, 0.2) is 0 Å². The molecule has 2 N–H and O–H groups in total. The van der Waals surface area contributed by atoms with Crippen molar-refractivity contribution in [3.8, 4) is 0 Å². The molecule has 0 aromatic heterocycles. The first-order chi connectivity index (χ1) is 13.1. The maximum atomic E-state index is 13.2. The fraction of sp³-hybridized carbons (Fsp3) is 0.476. The molecule has 6 nitrogen and oxygen atoms in total. The summed E-state index contributed by atoms with van der Waals surface area (Å²) in [7, 11) is 0. The van der Waals surface area contributed by atoms with Crippen molar-refractivity contribution in [1.82, 2.24) is 0 Å². The molecule has 1 saturated carbocycles. The molecular formula is C21H23N3O3. The van der Waals surface area contributed by atoms with Gasteiger partial charge in [0.1, 0.15) is 0 Å². The number of carbonyl (C=O) groups is 3. The van der Waals surface area contributed by atoms with E-state index >= 15 is 0 Å². The predicted molar refractivity (Wildman–Crippen MR) is 101 cm³/mol. The molecule has 2 aliphatic carbocycles. The summed E-state index contributed by atoms with van der Waals surface area (Å²) in [4.78, 5) is 41.8. The number of fused-ring (bicyclic) bond motifs is 5. The molecule has 1 aromatic carbocycles. The van der Waals surface area contributed by atoms with E-state index in [0.29, 0.717) is 11.3 Å². The van der Waals surface area contributed by atoms with Gasteiger partial charge >= 0.3 is 0 Å². The molecule has 2 saturated heterocycles. The molecule has 0 radical (unpaired) electrons. The van der Waals surface area contributed by atoms with Crippen LogP contribution in [0.4, 0.5) is 11.4 Å². The van der Waals surface area contributed by atoms with E-state index in [9.17, 15) is 14.4 Å². The summed E-state index contributed by atoms with van der Waals surface area (Å²) < 4.78 is 0. The zero-order valence-corrected chi connectivity index (χ0v) is 15.1. The van der Waals surface area contributed by atoms with Crippen molar-refractivity contribution in [3.63, 3.8) is 0 Å². The summed E-state index contributed by atoms with van der Waals surface area (Å²) in [5.74, 6) is -0.970. The average Bonchev–Trinajstić information content (AvgIpc) is 3.36. The van der Waals surface area contributed by atoms with Crippen molar-refractivity contribution in [2.75, 3.05) is 22.9 Å². The van der Waals surface area contributed by atoms with Crippen LogP contribution in [-0.2, 0) is 9.59 Å². The maximum absolute atomic E-state index is 13.2. The van der Waals surface area contributed by atoms with Crippen molar-refractivity contribution in [3.05, 3.63) is 35.9 Å². The van der Waals surface area contributed by atoms with E-state index in [1.165, 1.54) is 11.3 Å². The summed E-state index contributed by atoms with van der Waals surface area (Å²) in [6.45, 7) is 1.78. The topological polar surface area (TPSA) is 83.7 Å². The third kappa shape index (κ3) is 2.35. The lowest BCUT2D eigenvalue weighted by Gasteiger charge is -2.32. The molecule has 140 valence electrons. The van der Waals surface area contributed by atoms with Crippen LogP contribution in [-0.4, -0.2) is 30.8 Å². The van der Waals surface area contributed by atoms with Gasteiger partial charge in [-0.2, -0.15) is 0 Å². The summed E-state index contributed by atoms with van der Waals surface area (Å²) in [5.41, 5.74) is 7.17. The van der Waals surface area contributed by atoms with Gasteiger partial charge in [-0.3, -0.25) is 14.4 Å². The maximum Gasteiger partial charge on any atom is 0.248 e. The van der Waals surface area contributed by atoms with Gasteiger partial charge in [-0.25, -0.2) is 4.90 Å². The molecule has 0 spiro atoms. The van der Waals surface area contributed by atoms with Gasteiger partial charge in [0.2, 0.25) is 17.7 Å². The summed E-state index contributed by atoms with van der Waals surface area (Å²) >= 11 is 0. The molecule has 5 rings (SSSR count). The van der Waals surface area contributed by atoms with Gasteiger partial charge in [0.05, 0.1) is 23.2 Å². The van der Waals surface area contributed by atoms with Gasteiger partial charge in [0.25, 0.3) is 0 Å². The SMILES string of the molecule is NC(=O)c1ccc(N2CCCCC2)c(N2C(=O)[C@@H]3[C@H](C2=O)[C@H]2C=C[C@H]3C2)c1. The number of imide groups is 1. The number of nitrogens with zero attached hydrogens (tertiary/aromatic N) is 2. The third-order valence-corrected chi connectivity index (χ3v) is 6.67. The van der Waals surface area contributed by atoms with Crippen molar-refractivity contribution < 1.29 is 14.4 Å². The zero-order valence-electron chi connectivity index (χ0n) is 15.1. The molecule has 3 fully saturated rings. The Morgan fingerprint density at radius 1 is 0.926 bits per heavy atom. The quantitative estimate of drug-likeness (QED) is 0.657. The lowest BCUT2D eigenvalue weighted by Crippen LogP contribution is -2.36. The lowest BCUT2D eigenvalue weighted by molar-refractivity contribution is -0.123. The standard InChI is InChI=1S/C21H23N3O3/c22-19(25)14-6-7-15(23-8-2-1-3-9-23)16(11-14)24-20(26)17-12-4-5-13(10-12)18(17)21(24)27/h4-7,11-13,17-18H,1-3,8-10H2,(H2,22,25)/t12-,13-,17-,18+/m0/s1. The molecule has 27 heavy (non-hydrogen) atoms. The average molecular weight is 365 g/mol. The largest absolute Gasteiger partial charge is 0.370 e. The van der Waals surface area contributed by atoms with Crippen LogP contribution in [0.25, 0.3) is 0 Å². The first-order valence-electron chi connectivity index (χ1n) is 9.81. The van der Waals surface area contributed by atoms with Crippen LogP contribution < -0.4 is 15.5 Å². The summed E-state index contributed by atoms with van der Waals surface area (Å²) in [6.07, 6.45) is 8.43. The Labute approximate surface area is 158 Å².